The Morgan fingerprint density at radius 2 is 2.00 bits per heavy atom. The molecule has 1 unspecified atom stereocenters. The third-order valence-electron chi connectivity index (χ3n) is 1.31. The molecule has 0 radical (unpaired) electrons. The summed E-state index contributed by atoms with van der Waals surface area (Å²) in [6.07, 6.45) is -1.05. The number of alkyl halides is 1. The third-order valence-corrected chi connectivity index (χ3v) is 1.31. The van der Waals surface area contributed by atoms with E-state index >= 15 is 0 Å². The second-order valence-corrected chi connectivity index (χ2v) is 2.06. The van der Waals surface area contributed by atoms with Gasteiger partial charge in [-0.05, 0) is 0 Å². The van der Waals surface area contributed by atoms with E-state index in [1.165, 1.54) is 0 Å². The Labute approximate surface area is 64.0 Å². The van der Waals surface area contributed by atoms with E-state index < -0.39 is 6.30 Å². The molecule has 1 N–H and O–H groups in total. The van der Waals surface area contributed by atoms with Crippen molar-refractivity contribution in [2.75, 3.05) is 0 Å². The van der Waals surface area contributed by atoms with Crippen LogP contribution in [-0.2, 0) is 4.79 Å². The molecule has 1 rings (SSSR count). The summed E-state index contributed by atoms with van der Waals surface area (Å²) >= 11 is 0. The van der Waals surface area contributed by atoms with Gasteiger partial charge in [0.05, 0.1) is 0 Å². The lowest BCUT2D eigenvalue weighted by molar-refractivity contribution is -0.111. The lowest BCUT2D eigenvalue weighted by Crippen LogP contribution is -2.14. The van der Waals surface area contributed by atoms with Gasteiger partial charge < -0.3 is 5.32 Å². The van der Waals surface area contributed by atoms with Crippen LogP contribution in [0.15, 0.2) is 30.3 Å². The molecule has 0 aliphatic heterocycles. The first-order valence-electron chi connectivity index (χ1n) is 3.23. The van der Waals surface area contributed by atoms with Crippen molar-refractivity contribution in [3.05, 3.63) is 35.9 Å². The lowest BCUT2D eigenvalue weighted by atomic mass is 10.2. The number of benzene rings is 1. The van der Waals surface area contributed by atoms with E-state index in [-0.39, 0.29) is 0 Å². The van der Waals surface area contributed by atoms with Crippen LogP contribution in [-0.4, -0.2) is 6.41 Å². The summed E-state index contributed by atoms with van der Waals surface area (Å²) < 4.78 is 12.8. The van der Waals surface area contributed by atoms with Crippen molar-refractivity contribution in [2.24, 2.45) is 0 Å². The Hall–Kier alpha value is -1.38. The van der Waals surface area contributed by atoms with Gasteiger partial charge in [-0.25, -0.2) is 4.39 Å². The van der Waals surface area contributed by atoms with Crippen LogP contribution in [0.25, 0.3) is 0 Å². The number of carbonyl (C=O) groups is 1. The minimum Gasteiger partial charge on any atom is -0.325 e. The standard InChI is InChI=1S/C8H8FNO/c9-8(10-6-11)7-4-2-1-3-5-7/h1-6,8H,(H,10,11). The van der Waals surface area contributed by atoms with Crippen molar-refractivity contribution in [3.63, 3.8) is 0 Å². The van der Waals surface area contributed by atoms with Gasteiger partial charge in [0.2, 0.25) is 6.41 Å². The molecule has 3 heteroatoms. The zero-order chi connectivity index (χ0) is 8.10. The van der Waals surface area contributed by atoms with Gasteiger partial charge in [-0.15, -0.1) is 0 Å². The maximum atomic E-state index is 12.8. The Bertz CT molecular complexity index is 225. The van der Waals surface area contributed by atoms with Gasteiger partial charge in [0.15, 0.2) is 6.30 Å². The van der Waals surface area contributed by atoms with Crippen LogP contribution >= 0.6 is 0 Å². The molecule has 2 nitrogen and oxygen atoms in total. The molecule has 0 fully saturated rings. The maximum Gasteiger partial charge on any atom is 0.209 e. The molecular formula is C8H8FNO. The molecule has 1 aromatic rings. The number of amides is 1. The molecule has 0 heterocycles. The number of carbonyl (C=O) groups excluding carboxylic acids is 1. The Balaban J connectivity index is 2.68. The van der Waals surface area contributed by atoms with Gasteiger partial charge in [-0.3, -0.25) is 4.79 Å². The minimum atomic E-state index is -1.39. The molecule has 1 atom stereocenters. The van der Waals surface area contributed by atoms with Gasteiger partial charge in [0.1, 0.15) is 0 Å². The molecule has 0 bridgehead atoms. The van der Waals surface area contributed by atoms with E-state index in [9.17, 15) is 9.18 Å². The molecule has 1 aromatic carbocycles. The number of hydrogen-bond donors (Lipinski definition) is 1. The molecule has 0 aliphatic carbocycles. The summed E-state index contributed by atoms with van der Waals surface area (Å²) in [6.45, 7) is 0. The fourth-order valence-electron chi connectivity index (χ4n) is 0.778. The van der Waals surface area contributed by atoms with Crippen molar-refractivity contribution in [1.82, 2.24) is 5.32 Å². The first-order chi connectivity index (χ1) is 5.34. The Morgan fingerprint density at radius 3 is 2.55 bits per heavy atom. The molecule has 58 valence electrons. The zero-order valence-electron chi connectivity index (χ0n) is 5.83. The van der Waals surface area contributed by atoms with Gasteiger partial charge in [0.25, 0.3) is 0 Å². The van der Waals surface area contributed by atoms with Gasteiger partial charge in [-0.2, -0.15) is 0 Å². The first-order valence-corrected chi connectivity index (χ1v) is 3.23. The predicted molar refractivity (Wildman–Crippen MR) is 39.5 cm³/mol. The highest BCUT2D eigenvalue weighted by Crippen LogP contribution is 2.11. The van der Waals surface area contributed by atoms with Crippen LogP contribution in [0.2, 0.25) is 0 Å². The highest BCUT2D eigenvalue weighted by atomic mass is 19.1. The number of rotatable bonds is 3. The smallest absolute Gasteiger partial charge is 0.209 e. The second kappa shape index (κ2) is 3.71. The van der Waals surface area contributed by atoms with Crippen LogP contribution in [0.5, 0.6) is 0 Å². The van der Waals surface area contributed by atoms with Crippen LogP contribution in [0.3, 0.4) is 0 Å². The quantitative estimate of drug-likeness (QED) is 0.516. The SMILES string of the molecule is O=CNC(F)c1ccccc1. The third kappa shape index (κ3) is 2.04. The van der Waals surface area contributed by atoms with Gasteiger partial charge in [-0.1, -0.05) is 30.3 Å². The van der Waals surface area contributed by atoms with Crippen LogP contribution in [0, 0.1) is 0 Å². The average molecular weight is 153 g/mol. The summed E-state index contributed by atoms with van der Waals surface area (Å²) in [5.41, 5.74) is 0.458. The van der Waals surface area contributed by atoms with Crippen molar-refractivity contribution in [3.8, 4) is 0 Å². The highest BCUT2D eigenvalue weighted by Gasteiger charge is 2.04. The van der Waals surface area contributed by atoms with Gasteiger partial charge >= 0.3 is 0 Å². The molecule has 0 aromatic heterocycles. The molecule has 0 saturated heterocycles. The van der Waals surface area contributed by atoms with Crippen molar-refractivity contribution in [1.29, 1.82) is 0 Å². The lowest BCUT2D eigenvalue weighted by Gasteiger charge is -2.04. The fourth-order valence-corrected chi connectivity index (χ4v) is 0.778. The van der Waals surface area contributed by atoms with E-state index in [1.807, 2.05) is 5.32 Å². The Morgan fingerprint density at radius 1 is 1.36 bits per heavy atom. The van der Waals surface area contributed by atoms with Crippen molar-refractivity contribution in [2.45, 2.75) is 6.30 Å². The second-order valence-electron chi connectivity index (χ2n) is 2.06. The maximum absolute atomic E-state index is 12.8. The van der Waals surface area contributed by atoms with Crippen LogP contribution in [0.1, 0.15) is 11.9 Å². The normalized spacial score (nSPS) is 12.1. The van der Waals surface area contributed by atoms with E-state index in [0.717, 1.165) is 0 Å². The average Bonchev–Trinajstić information content (AvgIpc) is 2.07. The van der Waals surface area contributed by atoms with E-state index in [0.29, 0.717) is 12.0 Å². The molecule has 11 heavy (non-hydrogen) atoms. The van der Waals surface area contributed by atoms with Crippen molar-refractivity contribution < 1.29 is 9.18 Å². The summed E-state index contributed by atoms with van der Waals surface area (Å²) in [5, 5.41) is 2.01. The monoisotopic (exact) mass is 153 g/mol. The van der Waals surface area contributed by atoms with E-state index in [1.54, 1.807) is 30.3 Å². The molecule has 0 aliphatic rings. The number of hydrogen-bond acceptors (Lipinski definition) is 1. The Kier molecular flexibility index (Phi) is 2.60. The zero-order valence-corrected chi connectivity index (χ0v) is 5.83. The van der Waals surface area contributed by atoms with Gasteiger partial charge in [0, 0.05) is 5.56 Å². The van der Waals surface area contributed by atoms with Crippen LogP contribution in [0.4, 0.5) is 4.39 Å². The minimum absolute atomic E-state index is 0.345. The van der Waals surface area contributed by atoms with Crippen LogP contribution < -0.4 is 5.32 Å². The topological polar surface area (TPSA) is 29.1 Å². The molecule has 0 saturated carbocycles. The summed E-state index contributed by atoms with van der Waals surface area (Å²) in [7, 11) is 0. The van der Waals surface area contributed by atoms with E-state index in [4.69, 9.17) is 0 Å². The predicted octanol–water partition coefficient (Wildman–Crippen LogP) is 1.40. The number of halogens is 1. The number of nitrogens with one attached hydrogen (secondary N) is 1. The molecule has 1 amide bonds. The van der Waals surface area contributed by atoms with Crippen molar-refractivity contribution >= 4 is 6.41 Å². The molecular weight excluding hydrogens is 145 g/mol. The molecule has 0 spiro atoms. The summed E-state index contributed by atoms with van der Waals surface area (Å²) in [6, 6.07) is 8.45. The highest BCUT2D eigenvalue weighted by molar-refractivity contribution is 5.47. The largest absolute Gasteiger partial charge is 0.325 e. The summed E-state index contributed by atoms with van der Waals surface area (Å²) in [5.74, 6) is 0. The fraction of sp³-hybridized carbons (Fsp3) is 0.125. The first kappa shape index (κ1) is 7.72. The summed E-state index contributed by atoms with van der Waals surface area (Å²) in [4.78, 5) is 9.84. The van der Waals surface area contributed by atoms with E-state index in [2.05, 4.69) is 0 Å².